The van der Waals surface area contributed by atoms with E-state index in [1.165, 1.54) is 11.3 Å². The molecule has 4 rings (SSSR count). The van der Waals surface area contributed by atoms with Crippen LogP contribution in [0.2, 0.25) is 5.02 Å². The van der Waals surface area contributed by atoms with Crippen LogP contribution in [-0.4, -0.2) is 15.7 Å². The number of carbonyl (C=O) groups is 1. The van der Waals surface area contributed by atoms with Crippen LogP contribution in [0, 0.1) is 6.92 Å². The van der Waals surface area contributed by atoms with Gasteiger partial charge in [-0.15, -0.1) is 0 Å². The van der Waals surface area contributed by atoms with E-state index in [1.807, 2.05) is 48.1 Å². The molecule has 0 spiro atoms. The lowest BCUT2D eigenvalue weighted by Crippen LogP contribution is -2.33. The predicted molar refractivity (Wildman–Crippen MR) is 116 cm³/mol. The van der Waals surface area contributed by atoms with Crippen molar-refractivity contribution in [3.05, 3.63) is 87.7 Å². The Kier molecular flexibility index (Phi) is 5.72. The van der Waals surface area contributed by atoms with Crippen molar-refractivity contribution in [2.24, 2.45) is 0 Å². The van der Waals surface area contributed by atoms with E-state index < -0.39 is 0 Å². The molecule has 0 saturated heterocycles. The summed E-state index contributed by atoms with van der Waals surface area (Å²) >= 11 is 6.12. The van der Waals surface area contributed by atoms with Crippen LogP contribution in [0.25, 0.3) is 0 Å². The summed E-state index contributed by atoms with van der Waals surface area (Å²) in [6.07, 6.45) is 4.89. The van der Waals surface area contributed by atoms with Crippen LogP contribution in [0.4, 0.5) is 0 Å². The lowest BCUT2D eigenvalue weighted by molar-refractivity contribution is -0.123. The quantitative estimate of drug-likeness (QED) is 0.632. The molecule has 0 radical (unpaired) electrons. The number of fused-ring (bicyclic) bond motifs is 1. The zero-order valence-electron chi connectivity index (χ0n) is 16.9. The summed E-state index contributed by atoms with van der Waals surface area (Å²) in [5.41, 5.74) is 5.72. The van der Waals surface area contributed by atoms with Gasteiger partial charge in [0.05, 0.1) is 24.7 Å². The summed E-state index contributed by atoms with van der Waals surface area (Å²) in [5.74, 6) is -0.114. The van der Waals surface area contributed by atoms with Gasteiger partial charge in [-0.25, -0.2) is 0 Å². The van der Waals surface area contributed by atoms with Crippen molar-refractivity contribution in [1.29, 1.82) is 0 Å². The molecule has 2 atom stereocenters. The average molecular weight is 408 g/mol. The minimum absolute atomic E-state index is 0.0206. The Hall–Kier alpha value is -2.59. The van der Waals surface area contributed by atoms with Crippen molar-refractivity contribution in [1.82, 2.24) is 15.1 Å². The number of aryl methyl sites for hydroxylation is 1. The molecule has 1 N–H and O–H groups in total. The van der Waals surface area contributed by atoms with Crippen LogP contribution in [0.15, 0.2) is 54.7 Å². The average Bonchev–Trinajstić information content (AvgIpc) is 3.12. The first-order valence-corrected chi connectivity index (χ1v) is 10.5. The molecule has 1 aliphatic carbocycles. The number of benzene rings is 2. The fraction of sp³-hybridized carbons (Fsp3) is 0.333. The molecule has 2 aromatic carbocycles. The van der Waals surface area contributed by atoms with E-state index in [0.717, 1.165) is 41.0 Å². The zero-order chi connectivity index (χ0) is 20.4. The Morgan fingerprint density at radius 3 is 2.83 bits per heavy atom. The molecule has 1 aliphatic rings. The number of hydrogen-bond donors (Lipinski definition) is 1. The molecule has 1 aromatic heterocycles. The molecule has 5 heteroatoms. The third-order valence-electron chi connectivity index (χ3n) is 5.77. The molecule has 29 heavy (non-hydrogen) atoms. The highest BCUT2D eigenvalue weighted by Gasteiger charge is 2.27. The molecule has 3 aromatic rings. The number of aromatic nitrogens is 2. The minimum Gasteiger partial charge on any atom is -0.349 e. The Morgan fingerprint density at radius 1 is 1.28 bits per heavy atom. The molecule has 150 valence electrons. The summed E-state index contributed by atoms with van der Waals surface area (Å²) in [6, 6.07) is 16.1. The van der Waals surface area contributed by atoms with Crippen LogP contribution in [0.1, 0.15) is 59.7 Å². The highest BCUT2D eigenvalue weighted by atomic mass is 35.5. The van der Waals surface area contributed by atoms with Crippen LogP contribution >= 0.6 is 11.6 Å². The maximum absolute atomic E-state index is 12.9. The second kappa shape index (κ2) is 8.42. The SMILES string of the molecule is Cc1ccc([C@@H](C)C(=O)N[C@H]2CCCc3c2cnn3Cc2cccc(Cl)c2)cc1. The number of amides is 1. The van der Waals surface area contributed by atoms with E-state index in [4.69, 9.17) is 11.6 Å². The van der Waals surface area contributed by atoms with Crippen LogP contribution in [-0.2, 0) is 17.8 Å². The molecule has 1 heterocycles. The third-order valence-corrected chi connectivity index (χ3v) is 6.01. The monoisotopic (exact) mass is 407 g/mol. The summed E-state index contributed by atoms with van der Waals surface area (Å²) < 4.78 is 2.04. The first-order chi connectivity index (χ1) is 14.0. The number of nitrogens with zero attached hydrogens (tertiary/aromatic N) is 2. The van der Waals surface area contributed by atoms with E-state index in [9.17, 15) is 4.79 Å². The number of nitrogens with one attached hydrogen (secondary N) is 1. The third kappa shape index (κ3) is 4.38. The van der Waals surface area contributed by atoms with Gasteiger partial charge in [-0.1, -0.05) is 53.6 Å². The Morgan fingerprint density at radius 2 is 2.07 bits per heavy atom. The maximum Gasteiger partial charge on any atom is 0.227 e. The van der Waals surface area contributed by atoms with Crippen LogP contribution in [0.3, 0.4) is 0 Å². The van der Waals surface area contributed by atoms with Gasteiger partial charge in [0.15, 0.2) is 0 Å². The van der Waals surface area contributed by atoms with Crippen molar-refractivity contribution in [2.45, 2.75) is 51.6 Å². The van der Waals surface area contributed by atoms with Gasteiger partial charge in [-0.2, -0.15) is 5.10 Å². The normalized spacial score (nSPS) is 16.9. The summed E-state index contributed by atoms with van der Waals surface area (Å²) in [7, 11) is 0. The maximum atomic E-state index is 12.9. The number of rotatable bonds is 5. The first kappa shape index (κ1) is 19.7. The second-order valence-corrected chi connectivity index (χ2v) is 8.36. The smallest absolute Gasteiger partial charge is 0.227 e. The molecule has 0 fully saturated rings. The number of hydrogen-bond acceptors (Lipinski definition) is 2. The van der Waals surface area contributed by atoms with E-state index in [2.05, 4.69) is 35.5 Å². The first-order valence-electron chi connectivity index (χ1n) is 10.2. The van der Waals surface area contributed by atoms with Crippen molar-refractivity contribution in [3.63, 3.8) is 0 Å². The van der Waals surface area contributed by atoms with E-state index >= 15 is 0 Å². The van der Waals surface area contributed by atoms with Gasteiger partial charge in [0.1, 0.15) is 0 Å². The molecule has 0 aliphatic heterocycles. The molecular weight excluding hydrogens is 382 g/mol. The molecule has 0 saturated carbocycles. The standard InChI is InChI=1S/C24H26ClN3O/c1-16-9-11-19(12-10-16)17(2)24(29)27-22-7-4-8-23-21(22)14-26-28(23)15-18-5-3-6-20(25)13-18/h3,5-6,9-14,17,22H,4,7-8,15H2,1-2H3,(H,27,29)/t17-,22+/m1/s1. The molecule has 1 amide bonds. The van der Waals surface area contributed by atoms with Gasteiger partial charge in [-0.05, 0) is 56.4 Å². The molecular formula is C24H26ClN3O. The van der Waals surface area contributed by atoms with Crippen LogP contribution in [0.5, 0.6) is 0 Å². The zero-order valence-corrected chi connectivity index (χ0v) is 17.6. The second-order valence-electron chi connectivity index (χ2n) is 7.92. The molecule has 4 nitrogen and oxygen atoms in total. The van der Waals surface area contributed by atoms with Crippen molar-refractivity contribution in [2.75, 3.05) is 0 Å². The summed E-state index contributed by atoms with van der Waals surface area (Å²) in [5, 5.41) is 8.61. The number of carbonyl (C=O) groups excluding carboxylic acids is 1. The van der Waals surface area contributed by atoms with Gasteiger partial charge in [0.25, 0.3) is 0 Å². The summed E-state index contributed by atoms with van der Waals surface area (Å²) in [6.45, 7) is 4.71. The highest BCUT2D eigenvalue weighted by Crippen LogP contribution is 2.31. The largest absolute Gasteiger partial charge is 0.349 e. The van der Waals surface area contributed by atoms with Crippen molar-refractivity contribution < 1.29 is 4.79 Å². The fourth-order valence-electron chi connectivity index (χ4n) is 4.02. The van der Waals surface area contributed by atoms with E-state index in [1.54, 1.807) is 0 Å². The van der Waals surface area contributed by atoms with Crippen LogP contribution < -0.4 is 5.32 Å². The van der Waals surface area contributed by atoms with Gasteiger partial charge in [-0.3, -0.25) is 9.48 Å². The Balaban J connectivity index is 1.49. The van der Waals surface area contributed by atoms with Crippen molar-refractivity contribution in [3.8, 4) is 0 Å². The predicted octanol–water partition coefficient (Wildman–Crippen LogP) is 5.19. The lowest BCUT2D eigenvalue weighted by atomic mass is 9.91. The fourth-order valence-corrected chi connectivity index (χ4v) is 4.23. The minimum atomic E-state index is -0.178. The molecule has 0 unspecified atom stereocenters. The van der Waals surface area contributed by atoms with Crippen molar-refractivity contribution >= 4 is 17.5 Å². The van der Waals surface area contributed by atoms with Gasteiger partial charge >= 0.3 is 0 Å². The van der Waals surface area contributed by atoms with Gasteiger partial charge in [0.2, 0.25) is 5.91 Å². The van der Waals surface area contributed by atoms with E-state index in [-0.39, 0.29) is 17.9 Å². The topological polar surface area (TPSA) is 46.9 Å². The Bertz CT molecular complexity index is 1010. The molecule has 0 bridgehead atoms. The van der Waals surface area contributed by atoms with E-state index in [0.29, 0.717) is 6.54 Å². The van der Waals surface area contributed by atoms with Gasteiger partial charge in [0, 0.05) is 16.3 Å². The van der Waals surface area contributed by atoms with Gasteiger partial charge < -0.3 is 5.32 Å². The Labute approximate surface area is 176 Å². The lowest BCUT2D eigenvalue weighted by Gasteiger charge is -2.26. The summed E-state index contributed by atoms with van der Waals surface area (Å²) in [4.78, 5) is 12.9. The highest BCUT2D eigenvalue weighted by molar-refractivity contribution is 6.30. The number of halogens is 1.